The second-order valence-electron chi connectivity index (χ2n) is 4.00. The normalized spacial score (nSPS) is 23.1. The van der Waals surface area contributed by atoms with E-state index in [1.54, 1.807) is 12.4 Å². The van der Waals surface area contributed by atoms with Crippen LogP contribution >= 0.6 is 0 Å². The fourth-order valence-electron chi connectivity index (χ4n) is 1.96. The topological polar surface area (TPSA) is 75.3 Å². The third-order valence-corrected chi connectivity index (χ3v) is 2.91. The third-order valence-electron chi connectivity index (χ3n) is 2.91. The summed E-state index contributed by atoms with van der Waals surface area (Å²) >= 11 is 0. The maximum atomic E-state index is 9.49. The fourth-order valence-corrected chi connectivity index (χ4v) is 1.96. The molecule has 2 rings (SSSR count). The van der Waals surface area contributed by atoms with Gasteiger partial charge in [-0.25, -0.2) is 9.97 Å². The van der Waals surface area contributed by atoms with Gasteiger partial charge in [-0.1, -0.05) is 0 Å². The van der Waals surface area contributed by atoms with Crippen molar-refractivity contribution >= 4 is 11.6 Å². The highest BCUT2D eigenvalue weighted by Gasteiger charge is 2.27. The molecule has 0 aromatic carbocycles. The van der Waals surface area contributed by atoms with E-state index < -0.39 is 0 Å². The molecular weight excluding hydrogens is 192 g/mol. The van der Waals surface area contributed by atoms with E-state index in [0.717, 1.165) is 25.3 Å². The Labute approximate surface area is 88.9 Å². The van der Waals surface area contributed by atoms with Gasteiger partial charge in [-0.15, -0.1) is 0 Å². The quantitative estimate of drug-likeness (QED) is 0.729. The lowest BCUT2D eigenvalue weighted by molar-refractivity contribution is 0.136. The Morgan fingerprint density at radius 1 is 1.53 bits per heavy atom. The van der Waals surface area contributed by atoms with E-state index in [2.05, 4.69) is 14.9 Å². The largest absolute Gasteiger partial charge is 0.393 e. The van der Waals surface area contributed by atoms with Crippen molar-refractivity contribution in [2.24, 2.45) is 5.92 Å². The molecular formula is C10H16N4O. The number of hydrogen-bond donors (Lipinski definition) is 2. The minimum atomic E-state index is -0.270. The summed E-state index contributed by atoms with van der Waals surface area (Å²) in [5, 5.41) is 9.49. The monoisotopic (exact) mass is 208 g/mol. The van der Waals surface area contributed by atoms with Crippen LogP contribution in [0.5, 0.6) is 0 Å². The Morgan fingerprint density at radius 2 is 2.27 bits per heavy atom. The molecule has 15 heavy (non-hydrogen) atoms. The lowest BCUT2D eigenvalue weighted by Crippen LogP contribution is -2.25. The summed E-state index contributed by atoms with van der Waals surface area (Å²) in [6.45, 7) is 3.52. The highest BCUT2D eigenvalue weighted by Crippen LogP contribution is 2.26. The molecule has 2 heterocycles. The van der Waals surface area contributed by atoms with Crippen molar-refractivity contribution in [3.8, 4) is 0 Å². The minimum Gasteiger partial charge on any atom is -0.393 e. The molecule has 0 saturated carbocycles. The van der Waals surface area contributed by atoms with Gasteiger partial charge in [0.05, 0.1) is 6.10 Å². The van der Waals surface area contributed by atoms with Crippen LogP contribution in [-0.2, 0) is 0 Å². The van der Waals surface area contributed by atoms with Crippen LogP contribution in [0, 0.1) is 5.92 Å². The zero-order chi connectivity index (χ0) is 10.8. The van der Waals surface area contributed by atoms with Crippen LogP contribution in [0.25, 0.3) is 0 Å². The van der Waals surface area contributed by atoms with Crippen molar-refractivity contribution in [1.82, 2.24) is 9.97 Å². The molecule has 5 heteroatoms. The number of anilines is 2. The second kappa shape index (κ2) is 4.02. The highest BCUT2D eigenvalue weighted by molar-refractivity contribution is 5.57. The Morgan fingerprint density at radius 3 is 2.87 bits per heavy atom. The van der Waals surface area contributed by atoms with Crippen molar-refractivity contribution in [2.45, 2.75) is 19.4 Å². The summed E-state index contributed by atoms with van der Waals surface area (Å²) in [5.41, 5.74) is 5.74. The molecule has 0 amide bonds. The molecule has 5 nitrogen and oxygen atoms in total. The van der Waals surface area contributed by atoms with E-state index in [1.165, 1.54) is 0 Å². The SMILES string of the molecule is CC(O)C1CCN(c2nccnc2N)C1. The van der Waals surface area contributed by atoms with Crippen LogP contribution in [0.1, 0.15) is 13.3 Å². The number of nitrogens with zero attached hydrogens (tertiary/aromatic N) is 3. The van der Waals surface area contributed by atoms with Crippen molar-refractivity contribution in [2.75, 3.05) is 23.7 Å². The first-order chi connectivity index (χ1) is 7.18. The Balaban J connectivity index is 2.11. The standard InChI is InChI=1S/C10H16N4O/c1-7(15)8-2-5-14(6-8)10-9(11)12-3-4-13-10/h3-4,7-8,15H,2,5-6H2,1H3,(H2,11,12). The number of nitrogen functional groups attached to an aromatic ring is 1. The molecule has 2 atom stereocenters. The molecule has 0 bridgehead atoms. The molecule has 1 aromatic rings. The summed E-state index contributed by atoms with van der Waals surface area (Å²) in [4.78, 5) is 10.3. The van der Waals surface area contributed by atoms with Crippen LogP contribution in [0.4, 0.5) is 11.6 Å². The number of hydrogen-bond acceptors (Lipinski definition) is 5. The van der Waals surface area contributed by atoms with Crippen LogP contribution in [-0.4, -0.2) is 34.3 Å². The molecule has 82 valence electrons. The van der Waals surface area contributed by atoms with Crippen LogP contribution < -0.4 is 10.6 Å². The first-order valence-electron chi connectivity index (χ1n) is 5.18. The van der Waals surface area contributed by atoms with E-state index in [0.29, 0.717) is 11.7 Å². The van der Waals surface area contributed by atoms with E-state index >= 15 is 0 Å². The zero-order valence-corrected chi connectivity index (χ0v) is 8.80. The first-order valence-corrected chi connectivity index (χ1v) is 5.18. The van der Waals surface area contributed by atoms with Gasteiger partial charge in [-0.2, -0.15) is 0 Å². The molecule has 1 saturated heterocycles. The number of rotatable bonds is 2. The van der Waals surface area contributed by atoms with Gasteiger partial charge in [0.2, 0.25) is 0 Å². The van der Waals surface area contributed by atoms with Crippen molar-refractivity contribution in [1.29, 1.82) is 0 Å². The predicted octanol–water partition coefficient (Wildman–Crippen LogP) is 0.266. The molecule has 2 unspecified atom stereocenters. The average molecular weight is 208 g/mol. The third kappa shape index (κ3) is 2.02. The van der Waals surface area contributed by atoms with Gasteiger partial charge < -0.3 is 15.7 Å². The van der Waals surface area contributed by atoms with Crippen LogP contribution in [0.3, 0.4) is 0 Å². The fraction of sp³-hybridized carbons (Fsp3) is 0.600. The van der Waals surface area contributed by atoms with E-state index in [-0.39, 0.29) is 6.10 Å². The van der Waals surface area contributed by atoms with Crippen LogP contribution in [0.2, 0.25) is 0 Å². The summed E-state index contributed by atoms with van der Waals surface area (Å²) in [6.07, 6.45) is 3.93. The zero-order valence-electron chi connectivity index (χ0n) is 8.80. The highest BCUT2D eigenvalue weighted by atomic mass is 16.3. The maximum Gasteiger partial charge on any atom is 0.171 e. The predicted molar refractivity (Wildman–Crippen MR) is 58.4 cm³/mol. The molecule has 0 aliphatic carbocycles. The first kappa shape index (κ1) is 10.2. The number of nitrogens with two attached hydrogens (primary N) is 1. The molecule has 1 aliphatic rings. The van der Waals surface area contributed by atoms with Gasteiger partial charge in [0.1, 0.15) is 0 Å². The maximum absolute atomic E-state index is 9.49. The Kier molecular flexibility index (Phi) is 2.73. The van der Waals surface area contributed by atoms with Gasteiger partial charge in [0.15, 0.2) is 11.6 Å². The lowest BCUT2D eigenvalue weighted by atomic mass is 10.0. The van der Waals surface area contributed by atoms with Gasteiger partial charge >= 0.3 is 0 Å². The molecule has 1 aromatic heterocycles. The summed E-state index contributed by atoms with van der Waals surface area (Å²) in [6, 6.07) is 0. The molecule has 0 spiro atoms. The molecule has 1 fully saturated rings. The van der Waals surface area contributed by atoms with E-state index in [1.807, 2.05) is 6.92 Å². The molecule has 0 radical (unpaired) electrons. The number of aliphatic hydroxyl groups is 1. The van der Waals surface area contributed by atoms with Gasteiger partial charge in [0.25, 0.3) is 0 Å². The van der Waals surface area contributed by atoms with Crippen molar-refractivity contribution in [3.05, 3.63) is 12.4 Å². The smallest absolute Gasteiger partial charge is 0.171 e. The van der Waals surface area contributed by atoms with Crippen molar-refractivity contribution in [3.63, 3.8) is 0 Å². The second-order valence-corrected chi connectivity index (χ2v) is 4.00. The van der Waals surface area contributed by atoms with Crippen LogP contribution in [0.15, 0.2) is 12.4 Å². The Bertz CT molecular complexity index is 342. The molecule has 1 aliphatic heterocycles. The number of aliphatic hydroxyl groups excluding tert-OH is 1. The van der Waals surface area contributed by atoms with Crippen molar-refractivity contribution < 1.29 is 5.11 Å². The molecule has 3 N–H and O–H groups in total. The van der Waals surface area contributed by atoms with E-state index in [4.69, 9.17) is 5.73 Å². The summed E-state index contributed by atoms with van der Waals surface area (Å²) in [7, 11) is 0. The summed E-state index contributed by atoms with van der Waals surface area (Å²) in [5.74, 6) is 1.51. The summed E-state index contributed by atoms with van der Waals surface area (Å²) < 4.78 is 0. The lowest BCUT2D eigenvalue weighted by Gasteiger charge is -2.19. The number of aromatic nitrogens is 2. The minimum absolute atomic E-state index is 0.270. The van der Waals surface area contributed by atoms with E-state index in [9.17, 15) is 5.11 Å². The van der Waals surface area contributed by atoms with Gasteiger partial charge in [-0.05, 0) is 13.3 Å². The average Bonchev–Trinajstić information content (AvgIpc) is 2.67. The van der Waals surface area contributed by atoms with Gasteiger partial charge in [0, 0.05) is 31.4 Å². The van der Waals surface area contributed by atoms with Gasteiger partial charge in [-0.3, -0.25) is 0 Å². The Hall–Kier alpha value is -1.36.